The van der Waals surface area contributed by atoms with Crippen LogP contribution in [0.15, 0.2) is 15.4 Å². The third-order valence-corrected chi connectivity index (χ3v) is 3.42. The molecule has 1 aliphatic rings. The summed E-state index contributed by atoms with van der Waals surface area (Å²) in [5, 5.41) is 2.27. The van der Waals surface area contributed by atoms with E-state index < -0.39 is 5.00 Å². The molecule has 0 amide bonds. The number of aromatic amines is 1. The summed E-state index contributed by atoms with van der Waals surface area (Å²) in [5.41, 5.74) is -0.237. The first-order valence-electron chi connectivity index (χ1n) is 4.72. The average Bonchev–Trinajstić information content (AvgIpc) is 2.58. The van der Waals surface area contributed by atoms with E-state index in [0.29, 0.717) is 5.76 Å². The zero-order valence-corrected chi connectivity index (χ0v) is 8.80. The summed E-state index contributed by atoms with van der Waals surface area (Å²) in [6, 6.07) is 1.43. The average molecular weight is 217 g/mol. The summed E-state index contributed by atoms with van der Waals surface area (Å²) in [4.78, 5) is 12.3. The Morgan fingerprint density at radius 2 is 2.43 bits per heavy atom. The van der Waals surface area contributed by atoms with Crippen LogP contribution in [-0.2, 0) is 5.00 Å². The summed E-state index contributed by atoms with van der Waals surface area (Å²) in [6.45, 7) is 0.929. The van der Waals surface area contributed by atoms with Crippen molar-refractivity contribution in [2.75, 3.05) is 13.6 Å². The van der Waals surface area contributed by atoms with Crippen LogP contribution in [0.3, 0.4) is 0 Å². The Bertz CT molecular complexity index is 373. The van der Waals surface area contributed by atoms with Crippen LogP contribution in [0.5, 0.6) is 0 Å². The molecule has 0 aromatic carbocycles. The van der Waals surface area contributed by atoms with E-state index >= 15 is 0 Å². The molecule has 5 heteroatoms. The number of rotatable bonds is 1. The fourth-order valence-corrected chi connectivity index (χ4v) is 2.17. The van der Waals surface area contributed by atoms with Crippen LogP contribution in [0.2, 0.25) is 0 Å². The third kappa shape index (κ3) is 1.48. The van der Waals surface area contributed by atoms with Gasteiger partial charge in [-0.25, -0.2) is 0 Å². The Labute approximate surface area is 86.8 Å². The molecule has 4 nitrogen and oxygen atoms in total. The van der Waals surface area contributed by atoms with Crippen molar-refractivity contribution in [2.24, 2.45) is 0 Å². The van der Waals surface area contributed by atoms with E-state index in [9.17, 15) is 4.79 Å². The van der Waals surface area contributed by atoms with E-state index in [1.165, 1.54) is 6.07 Å². The lowest BCUT2D eigenvalue weighted by molar-refractivity contribution is 0.117. The minimum absolute atomic E-state index is 0.237. The zero-order valence-electron chi connectivity index (χ0n) is 8.05. The van der Waals surface area contributed by atoms with Crippen molar-refractivity contribution in [1.29, 1.82) is 0 Å². The largest absolute Gasteiger partial charge is 0.380 e. The number of hydrogen-bond acceptors (Lipinski definition) is 3. The Balaban J connectivity index is 2.34. The van der Waals surface area contributed by atoms with Gasteiger partial charge in [-0.3, -0.25) is 9.69 Å². The second-order valence-corrected chi connectivity index (χ2v) is 4.34. The predicted octanol–water partition coefficient (Wildman–Crippen LogP) is 1.48. The van der Waals surface area contributed by atoms with Crippen LogP contribution in [-0.4, -0.2) is 23.6 Å². The highest BCUT2D eigenvalue weighted by molar-refractivity contribution is 6.23. The van der Waals surface area contributed by atoms with Crippen molar-refractivity contribution >= 4 is 11.6 Å². The van der Waals surface area contributed by atoms with Crippen molar-refractivity contribution in [3.8, 4) is 0 Å². The number of nitrogens with zero attached hydrogens (tertiary/aromatic N) is 1. The topological polar surface area (TPSA) is 49.2 Å². The standard InChI is InChI=1S/C9H13ClN2O2/c1-12-5-3-2-4-9(12,10)7-6-8(13)11-14-7/h6H,2-5H2,1H3,(H,11,13). The van der Waals surface area contributed by atoms with Crippen LogP contribution in [0.4, 0.5) is 0 Å². The first-order chi connectivity index (χ1) is 6.63. The third-order valence-electron chi connectivity index (χ3n) is 2.76. The molecule has 1 aromatic rings. The molecule has 1 aromatic heterocycles. The molecule has 0 aliphatic carbocycles. The molecule has 1 aliphatic heterocycles. The summed E-state index contributed by atoms with van der Waals surface area (Å²) < 4.78 is 5.07. The van der Waals surface area contributed by atoms with Crippen molar-refractivity contribution in [2.45, 2.75) is 24.3 Å². The number of halogens is 1. The zero-order chi connectivity index (χ0) is 10.2. The number of hydrogen-bond donors (Lipinski definition) is 1. The van der Waals surface area contributed by atoms with E-state index in [0.717, 1.165) is 25.8 Å². The van der Waals surface area contributed by atoms with Crippen molar-refractivity contribution in [1.82, 2.24) is 10.1 Å². The van der Waals surface area contributed by atoms with Crippen molar-refractivity contribution in [3.63, 3.8) is 0 Å². The van der Waals surface area contributed by atoms with Gasteiger partial charge in [-0.15, -0.1) is 0 Å². The second-order valence-electron chi connectivity index (χ2n) is 3.71. The molecule has 2 rings (SSSR count). The lowest BCUT2D eigenvalue weighted by Gasteiger charge is -2.38. The Morgan fingerprint density at radius 3 is 3.00 bits per heavy atom. The number of likely N-dealkylation sites (tertiary alicyclic amines) is 1. The Hall–Kier alpha value is -0.740. The van der Waals surface area contributed by atoms with Gasteiger partial charge in [-0.2, -0.15) is 5.16 Å². The minimum Gasteiger partial charge on any atom is -0.380 e. The Morgan fingerprint density at radius 1 is 1.64 bits per heavy atom. The molecule has 0 bridgehead atoms. The maximum Gasteiger partial charge on any atom is 0.280 e. The highest BCUT2D eigenvalue weighted by Crippen LogP contribution is 2.39. The highest BCUT2D eigenvalue weighted by Gasteiger charge is 2.39. The highest BCUT2D eigenvalue weighted by atomic mass is 35.5. The van der Waals surface area contributed by atoms with Gasteiger partial charge in [0, 0.05) is 0 Å². The number of nitrogens with one attached hydrogen (secondary N) is 1. The lowest BCUT2D eigenvalue weighted by Crippen LogP contribution is -2.42. The van der Waals surface area contributed by atoms with Gasteiger partial charge >= 0.3 is 0 Å². The minimum atomic E-state index is -0.641. The fourth-order valence-electron chi connectivity index (χ4n) is 1.86. The lowest BCUT2D eigenvalue weighted by atomic mass is 10.0. The normalized spacial score (nSPS) is 29.3. The van der Waals surface area contributed by atoms with E-state index in [1.54, 1.807) is 0 Å². The van der Waals surface area contributed by atoms with Crippen LogP contribution < -0.4 is 5.56 Å². The van der Waals surface area contributed by atoms with Crippen LogP contribution in [0.25, 0.3) is 0 Å². The van der Waals surface area contributed by atoms with Gasteiger partial charge in [0.2, 0.25) is 0 Å². The first-order valence-corrected chi connectivity index (χ1v) is 5.10. The molecule has 0 radical (unpaired) electrons. The van der Waals surface area contributed by atoms with Crippen LogP contribution in [0.1, 0.15) is 25.0 Å². The smallest absolute Gasteiger partial charge is 0.280 e. The van der Waals surface area contributed by atoms with Gasteiger partial charge in [-0.1, -0.05) is 11.6 Å². The molecule has 1 atom stereocenters. The summed E-state index contributed by atoms with van der Waals surface area (Å²) in [5.74, 6) is 0.520. The van der Waals surface area contributed by atoms with Crippen molar-refractivity contribution < 1.29 is 4.52 Å². The number of piperidine rings is 1. The number of alkyl halides is 1. The second kappa shape index (κ2) is 3.44. The SMILES string of the molecule is CN1CCCCC1(Cl)c1cc(=O)[nH]o1. The van der Waals surface area contributed by atoms with E-state index in [4.69, 9.17) is 16.1 Å². The molecule has 1 fully saturated rings. The van der Waals surface area contributed by atoms with Crippen LogP contribution >= 0.6 is 11.6 Å². The predicted molar refractivity (Wildman–Crippen MR) is 53.3 cm³/mol. The van der Waals surface area contributed by atoms with Crippen molar-refractivity contribution in [3.05, 3.63) is 22.2 Å². The van der Waals surface area contributed by atoms with Gasteiger partial charge in [0.15, 0.2) is 10.8 Å². The maximum absolute atomic E-state index is 11.0. The molecule has 1 N–H and O–H groups in total. The molecule has 1 saturated heterocycles. The molecule has 78 valence electrons. The van der Waals surface area contributed by atoms with E-state index in [1.807, 2.05) is 11.9 Å². The van der Waals surface area contributed by atoms with E-state index in [2.05, 4.69) is 5.16 Å². The van der Waals surface area contributed by atoms with Gasteiger partial charge in [0.25, 0.3) is 5.56 Å². The molecule has 2 heterocycles. The first kappa shape index (κ1) is 9.80. The summed E-state index contributed by atoms with van der Waals surface area (Å²) in [6.07, 6.45) is 3.01. The molecular formula is C9H13ClN2O2. The molecular weight excluding hydrogens is 204 g/mol. The number of H-pyrrole nitrogens is 1. The number of aromatic nitrogens is 1. The van der Waals surface area contributed by atoms with Gasteiger partial charge in [0.05, 0.1) is 6.07 Å². The van der Waals surface area contributed by atoms with E-state index in [-0.39, 0.29) is 5.56 Å². The quantitative estimate of drug-likeness (QED) is 0.572. The molecule has 14 heavy (non-hydrogen) atoms. The fraction of sp³-hybridized carbons (Fsp3) is 0.667. The molecule has 1 unspecified atom stereocenters. The molecule has 0 spiro atoms. The summed E-state index contributed by atoms with van der Waals surface area (Å²) in [7, 11) is 1.94. The maximum atomic E-state index is 11.0. The van der Waals surface area contributed by atoms with Crippen LogP contribution in [0, 0.1) is 0 Å². The summed E-state index contributed by atoms with van der Waals surface area (Å²) >= 11 is 6.44. The monoisotopic (exact) mass is 216 g/mol. The van der Waals surface area contributed by atoms with Gasteiger partial charge in [0.1, 0.15) is 0 Å². The Kier molecular flexibility index (Phi) is 2.41. The molecule has 0 saturated carbocycles. The van der Waals surface area contributed by atoms with Gasteiger partial charge in [-0.05, 0) is 32.9 Å². The van der Waals surface area contributed by atoms with Gasteiger partial charge < -0.3 is 4.52 Å².